The van der Waals surface area contributed by atoms with Gasteiger partial charge in [-0.15, -0.1) is 0 Å². The average Bonchev–Trinajstić information content (AvgIpc) is 2.90. The Morgan fingerprint density at radius 2 is 2.00 bits per heavy atom. The molecule has 2 aromatic heterocycles. The van der Waals surface area contributed by atoms with Crippen LogP contribution in [0.3, 0.4) is 0 Å². The van der Waals surface area contributed by atoms with Crippen molar-refractivity contribution in [2.75, 3.05) is 0 Å². The fraction of sp³-hybridized carbons (Fsp3) is 0.235. The summed E-state index contributed by atoms with van der Waals surface area (Å²) in [6.45, 7) is 4.02. The highest BCUT2D eigenvalue weighted by atomic mass is 16.5. The zero-order chi connectivity index (χ0) is 14.8. The van der Waals surface area contributed by atoms with E-state index in [2.05, 4.69) is 5.10 Å². The third-order valence-corrected chi connectivity index (χ3v) is 3.38. The SMILES string of the molecule is CC(C)Oc1cccc(C(N)c2cnn3ccccc23)c1. The molecule has 0 amide bonds. The third kappa shape index (κ3) is 2.76. The van der Waals surface area contributed by atoms with Crippen molar-refractivity contribution in [3.63, 3.8) is 0 Å². The van der Waals surface area contributed by atoms with Gasteiger partial charge in [-0.3, -0.25) is 0 Å². The maximum Gasteiger partial charge on any atom is 0.120 e. The lowest BCUT2D eigenvalue weighted by Gasteiger charge is -2.14. The molecule has 0 spiro atoms. The van der Waals surface area contributed by atoms with Gasteiger partial charge < -0.3 is 10.5 Å². The fourth-order valence-electron chi connectivity index (χ4n) is 2.43. The summed E-state index contributed by atoms with van der Waals surface area (Å²) in [7, 11) is 0. The van der Waals surface area contributed by atoms with E-state index >= 15 is 0 Å². The largest absolute Gasteiger partial charge is 0.491 e. The standard InChI is InChI=1S/C17H19N3O/c1-12(2)21-14-7-5-6-13(10-14)17(18)15-11-19-20-9-4-3-8-16(15)20/h3-12,17H,18H2,1-2H3. The van der Waals surface area contributed by atoms with E-state index in [-0.39, 0.29) is 12.1 Å². The number of rotatable bonds is 4. The quantitative estimate of drug-likeness (QED) is 0.799. The van der Waals surface area contributed by atoms with Crippen LogP contribution in [0, 0.1) is 0 Å². The van der Waals surface area contributed by atoms with Crippen LogP contribution in [0.4, 0.5) is 0 Å². The van der Waals surface area contributed by atoms with Crippen LogP contribution in [0.2, 0.25) is 0 Å². The highest BCUT2D eigenvalue weighted by Crippen LogP contribution is 2.26. The molecule has 2 N–H and O–H groups in total. The number of ether oxygens (including phenoxy) is 1. The van der Waals surface area contributed by atoms with Crippen LogP contribution in [0.25, 0.3) is 5.52 Å². The lowest BCUT2D eigenvalue weighted by atomic mass is 10.0. The van der Waals surface area contributed by atoms with Gasteiger partial charge in [0.05, 0.1) is 23.9 Å². The number of fused-ring (bicyclic) bond motifs is 1. The first-order valence-electron chi connectivity index (χ1n) is 7.09. The molecule has 0 aliphatic carbocycles. The lowest BCUT2D eigenvalue weighted by Crippen LogP contribution is -2.12. The molecular formula is C17H19N3O. The minimum absolute atomic E-state index is 0.147. The number of aromatic nitrogens is 2. The Morgan fingerprint density at radius 1 is 1.14 bits per heavy atom. The second kappa shape index (κ2) is 5.58. The Bertz CT molecular complexity index is 748. The summed E-state index contributed by atoms with van der Waals surface area (Å²) in [5.74, 6) is 0.842. The fourth-order valence-corrected chi connectivity index (χ4v) is 2.43. The number of benzene rings is 1. The topological polar surface area (TPSA) is 52.5 Å². The van der Waals surface area contributed by atoms with Crippen LogP contribution < -0.4 is 10.5 Å². The van der Waals surface area contributed by atoms with Crippen molar-refractivity contribution in [1.82, 2.24) is 9.61 Å². The van der Waals surface area contributed by atoms with E-state index in [1.165, 1.54) is 0 Å². The van der Waals surface area contributed by atoms with E-state index in [0.717, 1.165) is 22.4 Å². The highest BCUT2D eigenvalue weighted by Gasteiger charge is 2.14. The number of hydrogen-bond donors (Lipinski definition) is 1. The van der Waals surface area contributed by atoms with Crippen molar-refractivity contribution < 1.29 is 4.74 Å². The smallest absolute Gasteiger partial charge is 0.120 e. The Morgan fingerprint density at radius 3 is 2.81 bits per heavy atom. The van der Waals surface area contributed by atoms with E-state index in [1.54, 1.807) is 0 Å². The van der Waals surface area contributed by atoms with Gasteiger partial charge in [-0.1, -0.05) is 18.2 Å². The Hall–Kier alpha value is -2.33. The van der Waals surface area contributed by atoms with Gasteiger partial charge in [0.2, 0.25) is 0 Å². The first-order chi connectivity index (χ1) is 10.1. The molecule has 21 heavy (non-hydrogen) atoms. The highest BCUT2D eigenvalue weighted by molar-refractivity contribution is 5.57. The first kappa shape index (κ1) is 13.6. The molecule has 0 saturated heterocycles. The summed E-state index contributed by atoms with van der Waals surface area (Å²) in [6, 6.07) is 13.7. The first-order valence-corrected chi connectivity index (χ1v) is 7.09. The predicted molar refractivity (Wildman–Crippen MR) is 83.4 cm³/mol. The van der Waals surface area contributed by atoms with Gasteiger partial charge in [0.1, 0.15) is 5.75 Å². The van der Waals surface area contributed by atoms with Gasteiger partial charge in [0, 0.05) is 11.8 Å². The van der Waals surface area contributed by atoms with Gasteiger partial charge in [-0.2, -0.15) is 5.10 Å². The van der Waals surface area contributed by atoms with E-state index in [0.29, 0.717) is 0 Å². The molecule has 0 aliphatic heterocycles. The minimum Gasteiger partial charge on any atom is -0.491 e. The average molecular weight is 281 g/mol. The monoisotopic (exact) mass is 281 g/mol. The molecule has 4 nitrogen and oxygen atoms in total. The normalized spacial score (nSPS) is 12.8. The maximum atomic E-state index is 6.42. The second-order valence-corrected chi connectivity index (χ2v) is 5.35. The van der Waals surface area contributed by atoms with Gasteiger partial charge >= 0.3 is 0 Å². The molecule has 0 saturated carbocycles. The third-order valence-electron chi connectivity index (χ3n) is 3.38. The van der Waals surface area contributed by atoms with Gasteiger partial charge in [-0.25, -0.2) is 4.52 Å². The summed E-state index contributed by atoms with van der Waals surface area (Å²) in [5, 5.41) is 4.34. The summed E-state index contributed by atoms with van der Waals surface area (Å²) < 4.78 is 7.57. The van der Waals surface area contributed by atoms with Crippen molar-refractivity contribution in [3.05, 3.63) is 66.0 Å². The van der Waals surface area contributed by atoms with Crippen LogP contribution in [-0.2, 0) is 0 Å². The number of hydrogen-bond acceptors (Lipinski definition) is 3. The molecule has 3 rings (SSSR count). The van der Waals surface area contributed by atoms with Crippen molar-refractivity contribution in [3.8, 4) is 5.75 Å². The van der Waals surface area contributed by atoms with Crippen LogP contribution in [0.5, 0.6) is 5.75 Å². The molecule has 1 unspecified atom stereocenters. The summed E-state index contributed by atoms with van der Waals surface area (Å²) in [5.41, 5.74) is 9.48. The van der Waals surface area contributed by atoms with E-state index in [9.17, 15) is 0 Å². The molecule has 0 aliphatic rings. The Balaban J connectivity index is 1.96. The summed E-state index contributed by atoms with van der Waals surface area (Å²) in [6.07, 6.45) is 3.90. The number of nitrogens with zero attached hydrogens (tertiary/aromatic N) is 2. The molecule has 1 atom stereocenters. The number of nitrogens with two attached hydrogens (primary N) is 1. The Kier molecular flexibility index (Phi) is 3.62. The predicted octanol–water partition coefficient (Wildman–Crippen LogP) is 3.17. The zero-order valence-electron chi connectivity index (χ0n) is 12.2. The molecule has 4 heteroatoms. The molecular weight excluding hydrogens is 262 g/mol. The Labute approximate surface area is 124 Å². The van der Waals surface area contributed by atoms with E-state index in [1.807, 2.05) is 73.2 Å². The molecule has 3 aromatic rings. The molecule has 2 heterocycles. The van der Waals surface area contributed by atoms with Crippen molar-refractivity contribution in [2.24, 2.45) is 5.73 Å². The molecule has 108 valence electrons. The van der Waals surface area contributed by atoms with Gasteiger partial charge in [-0.05, 0) is 43.7 Å². The molecule has 0 bridgehead atoms. The molecule has 0 radical (unpaired) electrons. The maximum absolute atomic E-state index is 6.42. The van der Waals surface area contributed by atoms with Crippen molar-refractivity contribution in [2.45, 2.75) is 26.0 Å². The van der Waals surface area contributed by atoms with Crippen LogP contribution >= 0.6 is 0 Å². The molecule has 0 fully saturated rings. The number of pyridine rings is 1. The minimum atomic E-state index is -0.222. The van der Waals surface area contributed by atoms with Crippen LogP contribution in [-0.4, -0.2) is 15.7 Å². The van der Waals surface area contributed by atoms with Crippen molar-refractivity contribution in [1.29, 1.82) is 0 Å². The van der Waals surface area contributed by atoms with Crippen molar-refractivity contribution >= 4 is 5.52 Å². The zero-order valence-corrected chi connectivity index (χ0v) is 12.2. The van der Waals surface area contributed by atoms with Crippen LogP contribution in [0.1, 0.15) is 31.0 Å². The van der Waals surface area contributed by atoms with Gasteiger partial charge in [0.25, 0.3) is 0 Å². The van der Waals surface area contributed by atoms with Crippen LogP contribution in [0.15, 0.2) is 54.9 Å². The molecule has 1 aromatic carbocycles. The summed E-state index contributed by atoms with van der Waals surface area (Å²) in [4.78, 5) is 0. The van der Waals surface area contributed by atoms with E-state index in [4.69, 9.17) is 10.5 Å². The second-order valence-electron chi connectivity index (χ2n) is 5.35. The lowest BCUT2D eigenvalue weighted by molar-refractivity contribution is 0.242. The van der Waals surface area contributed by atoms with E-state index < -0.39 is 0 Å². The summed E-state index contributed by atoms with van der Waals surface area (Å²) >= 11 is 0. The van der Waals surface area contributed by atoms with Gasteiger partial charge in [0.15, 0.2) is 0 Å².